The van der Waals surface area contributed by atoms with Gasteiger partial charge in [-0.25, -0.2) is 8.42 Å². The van der Waals surface area contributed by atoms with Gasteiger partial charge in [-0.3, -0.25) is 13.9 Å². The number of hydrogen-bond acceptors (Lipinski definition) is 7. The molecular weight excluding hydrogens is 582 g/mol. The van der Waals surface area contributed by atoms with Gasteiger partial charge in [0.15, 0.2) is 11.5 Å². The van der Waals surface area contributed by atoms with E-state index in [1.54, 1.807) is 49.6 Å². The van der Waals surface area contributed by atoms with Crippen LogP contribution in [0.1, 0.15) is 38.3 Å². The maximum atomic E-state index is 14.3. The number of methoxy groups -OCH3 is 3. The Hall–Kier alpha value is -4.25. The number of amides is 2. The highest BCUT2D eigenvalue weighted by Gasteiger charge is 2.34. The molecule has 238 valence electrons. The van der Waals surface area contributed by atoms with Crippen molar-refractivity contribution in [2.24, 2.45) is 5.92 Å². The van der Waals surface area contributed by atoms with Gasteiger partial charge < -0.3 is 24.4 Å². The van der Waals surface area contributed by atoms with Crippen molar-refractivity contribution in [3.63, 3.8) is 0 Å². The zero-order chi connectivity index (χ0) is 32.4. The third-order valence-corrected chi connectivity index (χ3v) is 8.89. The molecule has 10 nitrogen and oxygen atoms in total. The van der Waals surface area contributed by atoms with Gasteiger partial charge >= 0.3 is 0 Å². The fourth-order valence-electron chi connectivity index (χ4n) is 4.66. The summed E-state index contributed by atoms with van der Waals surface area (Å²) >= 11 is 0. The van der Waals surface area contributed by atoms with Crippen LogP contribution in [0.25, 0.3) is 0 Å². The number of rotatable bonds is 15. The second-order valence-corrected chi connectivity index (χ2v) is 12.7. The molecule has 44 heavy (non-hydrogen) atoms. The first-order valence-electron chi connectivity index (χ1n) is 14.5. The van der Waals surface area contributed by atoms with Gasteiger partial charge in [0.2, 0.25) is 11.8 Å². The second-order valence-electron chi connectivity index (χ2n) is 10.8. The number of ether oxygens (including phenoxy) is 3. The molecule has 3 rings (SSSR count). The van der Waals surface area contributed by atoms with E-state index in [9.17, 15) is 18.0 Å². The van der Waals surface area contributed by atoms with Crippen molar-refractivity contribution in [3.8, 4) is 17.2 Å². The molecule has 0 aromatic heterocycles. The molecular formula is C33H43N3O7S. The molecule has 2 amide bonds. The molecule has 0 spiro atoms. The molecule has 0 aliphatic heterocycles. The van der Waals surface area contributed by atoms with Gasteiger partial charge in [0.1, 0.15) is 18.3 Å². The van der Waals surface area contributed by atoms with E-state index in [4.69, 9.17) is 14.2 Å². The number of anilines is 1. The van der Waals surface area contributed by atoms with Crippen molar-refractivity contribution in [2.45, 2.75) is 51.6 Å². The molecule has 0 saturated carbocycles. The molecule has 0 heterocycles. The largest absolute Gasteiger partial charge is 0.497 e. The summed E-state index contributed by atoms with van der Waals surface area (Å²) in [6.45, 7) is 7.58. The number of aryl methyl sites for hydroxylation is 1. The van der Waals surface area contributed by atoms with Crippen LogP contribution in [0, 0.1) is 12.8 Å². The number of benzene rings is 3. The SMILES string of the molecule is CC[C@H](C(=O)NCC(C)C)N(Cc1cccc(OC)c1)C(=O)CN(c1ccc(OC)c(OC)c1)S(=O)(=O)c1ccc(C)cc1. The highest BCUT2D eigenvalue weighted by atomic mass is 32.2. The summed E-state index contributed by atoms with van der Waals surface area (Å²) in [5.74, 6) is 0.652. The standard InChI is InChI=1S/C33H43N3O7S/c1-8-29(33(38)34-20-23(2)3)35(21-25-10-9-11-27(18-25)41-5)32(37)22-36(26-14-17-30(42-6)31(19-26)43-7)44(39,40)28-15-12-24(4)13-16-28/h9-19,23,29H,8,20-22H2,1-7H3,(H,34,38)/t29-/m1/s1. The van der Waals surface area contributed by atoms with Gasteiger partial charge in [0.05, 0.1) is 31.9 Å². The smallest absolute Gasteiger partial charge is 0.264 e. The minimum Gasteiger partial charge on any atom is -0.497 e. The zero-order valence-electron chi connectivity index (χ0n) is 26.5. The maximum Gasteiger partial charge on any atom is 0.264 e. The molecule has 3 aromatic rings. The van der Waals surface area contributed by atoms with Crippen molar-refractivity contribution >= 4 is 27.5 Å². The molecule has 0 aliphatic carbocycles. The van der Waals surface area contributed by atoms with Crippen LogP contribution in [0.15, 0.2) is 71.6 Å². The van der Waals surface area contributed by atoms with Crippen LogP contribution in [0.4, 0.5) is 5.69 Å². The van der Waals surface area contributed by atoms with Crippen LogP contribution in [0.5, 0.6) is 17.2 Å². The monoisotopic (exact) mass is 625 g/mol. The highest BCUT2D eigenvalue weighted by molar-refractivity contribution is 7.92. The first-order chi connectivity index (χ1) is 20.9. The third kappa shape index (κ3) is 8.43. The van der Waals surface area contributed by atoms with Gasteiger partial charge in [0.25, 0.3) is 10.0 Å². The van der Waals surface area contributed by atoms with Crippen LogP contribution < -0.4 is 23.8 Å². The molecule has 0 unspecified atom stereocenters. The van der Waals surface area contributed by atoms with E-state index in [0.29, 0.717) is 30.2 Å². The Morgan fingerprint density at radius 3 is 2.16 bits per heavy atom. The Morgan fingerprint density at radius 2 is 1.57 bits per heavy atom. The van der Waals surface area contributed by atoms with E-state index < -0.39 is 28.5 Å². The predicted octanol–water partition coefficient (Wildman–Crippen LogP) is 4.80. The molecule has 0 fully saturated rings. The predicted molar refractivity (Wildman–Crippen MR) is 171 cm³/mol. The lowest BCUT2D eigenvalue weighted by Gasteiger charge is -2.33. The number of sulfonamides is 1. The van der Waals surface area contributed by atoms with E-state index >= 15 is 0 Å². The fraction of sp³-hybridized carbons (Fsp3) is 0.394. The van der Waals surface area contributed by atoms with Crippen molar-refractivity contribution in [1.29, 1.82) is 0 Å². The third-order valence-electron chi connectivity index (χ3n) is 7.10. The number of nitrogens with one attached hydrogen (secondary N) is 1. The number of carbonyl (C=O) groups is 2. The average molecular weight is 626 g/mol. The Balaban J connectivity index is 2.11. The summed E-state index contributed by atoms with van der Waals surface area (Å²) in [6, 6.07) is 17.4. The molecule has 0 saturated heterocycles. The van der Waals surface area contributed by atoms with E-state index in [1.165, 1.54) is 37.3 Å². The topological polar surface area (TPSA) is 114 Å². The van der Waals surface area contributed by atoms with E-state index in [1.807, 2.05) is 33.8 Å². The summed E-state index contributed by atoms with van der Waals surface area (Å²) in [4.78, 5) is 29.2. The molecule has 0 bridgehead atoms. The lowest BCUT2D eigenvalue weighted by Crippen LogP contribution is -2.52. The van der Waals surface area contributed by atoms with Crippen molar-refractivity contribution in [3.05, 3.63) is 77.9 Å². The van der Waals surface area contributed by atoms with Crippen LogP contribution in [-0.4, -0.2) is 65.6 Å². The normalized spacial score (nSPS) is 11.9. The van der Waals surface area contributed by atoms with Crippen molar-refractivity contribution in [2.75, 3.05) is 38.7 Å². The van der Waals surface area contributed by atoms with Crippen LogP contribution in [0.2, 0.25) is 0 Å². The van der Waals surface area contributed by atoms with Crippen LogP contribution in [0.3, 0.4) is 0 Å². The van der Waals surface area contributed by atoms with Gasteiger partial charge in [-0.15, -0.1) is 0 Å². The fourth-order valence-corrected chi connectivity index (χ4v) is 6.06. The molecule has 11 heteroatoms. The molecule has 0 aliphatic rings. The lowest BCUT2D eigenvalue weighted by molar-refractivity contribution is -0.140. The summed E-state index contributed by atoms with van der Waals surface area (Å²) in [6.07, 6.45) is 0.320. The molecule has 1 atom stereocenters. The zero-order valence-corrected chi connectivity index (χ0v) is 27.3. The average Bonchev–Trinajstić information content (AvgIpc) is 3.02. The Labute approximate surface area is 261 Å². The highest BCUT2D eigenvalue weighted by Crippen LogP contribution is 2.34. The number of nitrogens with zero attached hydrogens (tertiary/aromatic N) is 2. The van der Waals surface area contributed by atoms with Gasteiger partial charge in [-0.2, -0.15) is 0 Å². The van der Waals surface area contributed by atoms with Crippen LogP contribution >= 0.6 is 0 Å². The van der Waals surface area contributed by atoms with Crippen LogP contribution in [-0.2, 0) is 26.2 Å². The Kier molecular flexibility index (Phi) is 12.0. The number of carbonyl (C=O) groups excluding carboxylic acids is 2. The van der Waals surface area contributed by atoms with E-state index in [2.05, 4.69) is 5.32 Å². The molecule has 1 N–H and O–H groups in total. The summed E-state index contributed by atoms with van der Waals surface area (Å²) in [7, 11) is 0.243. The molecule has 3 aromatic carbocycles. The first-order valence-corrected chi connectivity index (χ1v) is 15.9. The summed E-state index contributed by atoms with van der Waals surface area (Å²) < 4.78 is 45.5. The lowest BCUT2D eigenvalue weighted by atomic mass is 10.1. The minimum atomic E-state index is -4.23. The van der Waals surface area contributed by atoms with E-state index in [-0.39, 0.29) is 29.0 Å². The van der Waals surface area contributed by atoms with Gasteiger partial charge in [0, 0.05) is 19.2 Å². The van der Waals surface area contributed by atoms with Gasteiger partial charge in [-0.05, 0) is 61.2 Å². The van der Waals surface area contributed by atoms with Gasteiger partial charge in [-0.1, -0.05) is 50.6 Å². The van der Waals surface area contributed by atoms with Crippen molar-refractivity contribution < 1.29 is 32.2 Å². The second kappa shape index (κ2) is 15.5. The van der Waals surface area contributed by atoms with E-state index in [0.717, 1.165) is 15.4 Å². The maximum absolute atomic E-state index is 14.3. The summed E-state index contributed by atoms with van der Waals surface area (Å²) in [5.41, 5.74) is 1.82. The Bertz CT molecular complexity index is 1520. The minimum absolute atomic E-state index is 0.0201. The summed E-state index contributed by atoms with van der Waals surface area (Å²) in [5, 5.41) is 2.93. The first kappa shape index (κ1) is 34.2. The quantitative estimate of drug-likeness (QED) is 0.258. The Morgan fingerprint density at radius 1 is 0.886 bits per heavy atom. The van der Waals surface area contributed by atoms with Crippen molar-refractivity contribution in [1.82, 2.24) is 10.2 Å². The number of hydrogen-bond donors (Lipinski definition) is 1. The molecule has 0 radical (unpaired) electrons.